The van der Waals surface area contributed by atoms with Crippen molar-refractivity contribution in [2.24, 2.45) is 5.92 Å². The lowest BCUT2D eigenvalue weighted by Crippen LogP contribution is -2.38. The summed E-state index contributed by atoms with van der Waals surface area (Å²) in [4.78, 5) is 2.38. The third-order valence-corrected chi connectivity index (χ3v) is 4.07. The number of hydrogen-bond acceptors (Lipinski definition) is 3. The molecule has 0 aromatic heterocycles. The monoisotopic (exact) mass is 294 g/mol. The van der Waals surface area contributed by atoms with Crippen molar-refractivity contribution in [2.75, 3.05) is 26.7 Å². The minimum atomic E-state index is -0.221. The van der Waals surface area contributed by atoms with E-state index in [0.717, 1.165) is 25.2 Å². The van der Waals surface area contributed by atoms with E-state index in [-0.39, 0.29) is 5.82 Å². The molecule has 1 aliphatic rings. The Morgan fingerprint density at radius 3 is 2.95 bits per heavy atom. The summed E-state index contributed by atoms with van der Waals surface area (Å²) >= 11 is 0. The summed E-state index contributed by atoms with van der Waals surface area (Å²) in [6.07, 6.45) is 2.39. The van der Waals surface area contributed by atoms with Gasteiger partial charge in [-0.3, -0.25) is 4.90 Å². The van der Waals surface area contributed by atoms with Gasteiger partial charge in [-0.1, -0.05) is 26.0 Å². The van der Waals surface area contributed by atoms with Crippen LogP contribution in [0.3, 0.4) is 0 Å². The molecule has 1 N–H and O–H groups in total. The first kappa shape index (κ1) is 16.2. The van der Waals surface area contributed by atoms with Crippen molar-refractivity contribution < 1.29 is 9.13 Å². The third kappa shape index (κ3) is 4.42. The molecule has 0 amide bonds. The summed E-state index contributed by atoms with van der Waals surface area (Å²) in [5, 5.41) is 3.52. The molecular formula is C17H27FN2O. The molecule has 118 valence electrons. The number of methoxy groups -OCH3 is 1. The summed E-state index contributed by atoms with van der Waals surface area (Å²) < 4.78 is 19.3. The van der Waals surface area contributed by atoms with E-state index in [1.54, 1.807) is 6.07 Å². The molecule has 3 nitrogen and oxygen atoms in total. The van der Waals surface area contributed by atoms with Gasteiger partial charge in [0.05, 0.1) is 7.11 Å². The van der Waals surface area contributed by atoms with Crippen LogP contribution in [0.25, 0.3) is 0 Å². The van der Waals surface area contributed by atoms with Gasteiger partial charge in [-0.25, -0.2) is 4.39 Å². The number of ether oxygens (including phenoxy) is 1. The van der Waals surface area contributed by atoms with E-state index in [9.17, 15) is 4.39 Å². The molecule has 0 bridgehead atoms. The molecule has 4 heteroatoms. The van der Waals surface area contributed by atoms with Crippen molar-refractivity contribution in [2.45, 2.75) is 39.3 Å². The highest BCUT2D eigenvalue weighted by molar-refractivity contribution is 5.31. The van der Waals surface area contributed by atoms with Crippen LogP contribution in [0.5, 0.6) is 5.75 Å². The Morgan fingerprint density at radius 1 is 1.43 bits per heavy atom. The van der Waals surface area contributed by atoms with Gasteiger partial charge in [0.1, 0.15) is 0 Å². The van der Waals surface area contributed by atoms with Gasteiger partial charge in [0.15, 0.2) is 11.6 Å². The smallest absolute Gasteiger partial charge is 0.169 e. The highest BCUT2D eigenvalue weighted by Gasteiger charge is 2.25. The van der Waals surface area contributed by atoms with E-state index in [1.807, 2.05) is 12.1 Å². The van der Waals surface area contributed by atoms with Gasteiger partial charge in [0, 0.05) is 24.7 Å². The first-order valence-corrected chi connectivity index (χ1v) is 7.88. The fourth-order valence-corrected chi connectivity index (χ4v) is 2.93. The number of benzene rings is 1. The predicted molar refractivity (Wildman–Crippen MR) is 84.1 cm³/mol. The van der Waals surface area contributed by atoms with Gasteiger partial charge in [0.2, 0.25) is 0 Å². The summed E-state index contributed by atoms with van der Waals surface area (Å²) in [5.41, 5.74) is 0.727. The molecule has 0 aliphatic carbocycles. The lowest BCUT2D eigenvalue weighted by Gasteiger charge is -2.25. The van der Waals surface area contributed by atoms with Crippen molar-refractivity contribution >= 4 is 0 Å². The first-order chi connectivity index (χ1) is 10.1. The second-order valence-electron chi connectivity index (χ2n) is 6.25. The number of nitrogens with one attached hydrogen (secondary N) is 1. The topological polar surface area (TPSA) is 24.5 Å². The Bertz CT molecular complexity index is 450. The SMILES string of the molecule is COc1cccc(CN2CCCC2CNCC(C)C)c1F. The van der Waals surface area contributed by atoms with Gasteiger partial charge in [0.25, 0.3) is 0 Å². The van der Waals surface area contributed by atoms with Crippen LogP contribution in [0, 0.1) is 11.7 Å². The fourth-order valence-electron chi connectivity index (χ4n) is 2.93. The number of hydrogen-bond donors (Lipinski definition) is 1. The number of likely N-dealkylation sites (tertiary alicyclic amines) is 1. The Balaban J connectivity index is 1.95. The number of rotatable bonds is 7. The molecule has 1 atom stereocenters. The number of nitrogens with zero attached hydrogens (tertiary/aromatic N) is 1. The van der Waals surface area contributed by atoms with E-state index in [0.29, 0.717) is 24.3 Å². The molecule has 1 fully saturated rings. The molecular weight excluding hydrogens is 267 g/mol. The lowest BCUT2D eigenvalue weighted by molar-refractivity contribution is 0.233. The molecule has 1 aromatic rings. The maximum absolute atomic E-state index is 14.2. The Kier molecular flexibility index (Phi) is 6.00. The van der Waals surface area contributed by atoms with Crippen LogP contribution in [0.2, 0.25) is 0 Å². The fraction of sp³-hybridized carbons (Fsp3) is 0.647. The molecule has 21 heavy (non-hydrogen) atoms. The zero-order chi connectivity index (χ0) is 15.2. The molecule has 0 spiro atoms. The van der Waals surface area contributed by atoms with Crippen LogP contribution in [0.4, 0.5) is 4.39 Å². The van der Waals surface area contributed by atoms with Crippen LogP contribution in [-0.4, -0.2) is 37.7 Å². The molecule has 1 aliphatic heterocycles. The minimum absolute atomic E-state index is 0.221. The summed E-state index contributed by atoms with van der Waals surface area (Å²) in [7, 11) is 1.51. The Labute approximate surface area is 127 Å². The summed E-state index contributed by atoms with van der Waals surface area (Å²) in [6, 6.07) is 5.90. The molecule has 0 radical (unpaired) electrons. The molecule has 2 rings (SSSR count). The molecule has 1 aromatic carbocycles. The van der Waals surface area contributed by atoms with Crippen molar-refractivity contribution in [3.05, 3.63) is 29.6 Å². The zero-order valence-corrected chi connectivity index (χ0v) is 13.4. The maximum Gasteiger partial charge on any atom is 0.169 e. The molecule has 0 saturated carbocycles. The van der Waals surface area contributed by atoms with E-state index in [4.69, 9.17) is 4.74 Å². The van der Waals surface area contributed by atoms with Crippen molar-refractivity contribution in [1.29, 1.82) is 0 Å². The van der Waals surface area contributed by atoms with Gasteiger partial charge < -0.3 is 10.1 Å². The third-order valence-electron chi connectivity index (χ3n) is 4.07. The van der Waals surface area contributed by atoms with E-state index >= 15 is 0 Å². The second-order valence-corrected chi connectivity index (χ2v) is 6.25. The van der Waals surface area contributed by atoms with Crippen LogP contribution in [0.15, 0.2) is 18.2 Å². The van der Waals surface area contributed by atoms with E-state index in [2.05, 4.69) is 24.1 Å². The molecule has 1 heterocycles. The van der Waals surface area contributed by atoms with Gasteiger partial charge in [-0.2, -0.15) is 0 Å². The standard InChI is InChI=1S/C17H27FN2O/c1-13(2)10-19-11-15-7-5-9-20(15)12-14-6-4-8-16(21-3)17(14)18/h4,6,8,13,15,19H,5,7,9-12H2,1-3H3. The molecule has 1 saturated heterocycles. The summed E-state index contributed by atoms with van der Waals surface area (Å²) in [6.45, 7) is 8.17. The average Bonchev–Trinajstić information content (AvgIpc) is 2.88. The predicted octanol–water partition coefficient (Wildman–Crippen LogP) is 3.04. The Morgan fingerprint density at radius 2 is 2.24 bits per heavy atom. The van der Waals surface area contributed by atoms with Crippen molar-refractivity contribution in [3.63, 3.8) is 0 Å². The van der Waals surface area contributed by atoms with E-state index in [1.165, 1.54) is 20.0 Å². The largest absolute Gasteiger partial charge is 0.494 e. The maximum atomic E-state index is 14.2. The van der Waals surface area contributed by atoms with Crippen molar-refractivity contribution in [3.8, 4) is 5.75 Å². The van der Waals surface area contributed by atoms with E-state index < -0.39 is 0 Å². The van der Waals surface area contributed by atoms with Crippen LogP contribution >= 0.6 is 0 Å². The van der Waals surface area contributed by atoms with Gasteiger partial charge in [-0.15, -0.1) is 0 Å². The lowest BCUT2D eigenvalue weighted by atomic mass is 10.1. The Hall–Kier alpha value is -1.13. The quantitative estimate of drug-likeness (QED) is 0.836. The molecule has 1 unspecified atom stereocenters. The van der Waals surface area contributed by atoms with Crippen LogP contribution in [0.1, 0.15) is 32.3 Å². The van der Waals surface area contributed by atoms with Crippen LogP contribution < -0.4 is 10.1 Å². The van der Waals surface area contributed by atoms with Gasteiger partial charge >= 0.3 is 0 Å². The van der Waals surface area contributed by atoms with Crippen LogP contribution in [-0.2, 0) is 6.54 Å². The minimum Gasteiger partial charge on any atom is -0.494 e. The average molecular weight is 294 g/mol. The normalized spacial score (nSPS) is 19.4. The van der Waals surface area contributed by atoms with Gasteiger partial charge in [-0.05, 0) is 37.9 Å². The second kappa shape index (κ2) is 7.76. The summed E-state index contributed by atoms with van der Waals surface area (Å²) in [5.74, 6) is 0.776. The highest BCUT2D eigenvalue weighted by atomic mass is 19.1. The highest BCUT2D eigenvalue weighted by Crippen LogP contribution is 2.25. The zero-order valence-electron chi connectivity index (χ0n) is 13.4. The number of halogens is 1. The van der Waals surface area contributed by atoms with Crippen molar-refractivity contribution in [1.82, 2.24) is 10.2 Å². The first-order valence-electron chi connectivity index (χ1n) is 7.88.